The van der Waals surface area contributed by atoms with E-state index in [1.807, 2.05) is 13.8 Å². The summed E-state index contributed by atoms with van der Waals surface area (Å²) in [7, 11) is 0. The fourth-order valence-corrected chi connectivity index (χ4v) is 2.85. The molecule has 120 valence electrons. The van der Waals surface area contributed by atoms with Crippen LogP contribution in [0.4, 0.5) is 10.6 Å². The number of nitrogens with one attached hydrogen (secondary N) is 2. The standard InChI is InChI=1S/C15H22N4O3/c1-4-22-14(21)19-12(17-13(20)9-6-5-7-9)10-8-16-15(2,3)11(10)18-19/h9,16H,4-8H2,1-3H3,(H,17,20). The molecular weight excluding hydrogens is 284 g/mol. The topological polar surface area (TPSA) is 85.2 Å². The maximum Gasteiger partial charge on any atom is 0.436 e. The Morgan fingerprint density at radius 1 is 1.45 bits per heavy atom. The van der Waals surface area contributed by atoms with Gasteiger partial charge in [0, 0.05) is 18.0 Å². The van der Waals surface area contributed by atoms with Crippen LogP contribution < -0.4 is 10.6 Å². The molecule has 0 aromatic carbocycles. The van der Waals surface area contributed by atoms with Gasteiger partial charge in [0.2, 0.25) is 5.91 Å². The van der Waals surface area contributed by atoms with Crippen LogP contribution in [0.15, 0.2) is 0 Å². The Bertz CT molecular complexity index is 617. The Labute approximate surface area is 129 Å². The Morgan fingerprint density at radius 2 is 2.18 bits per heavy atom. The van der Waals surface area contributed by atoms with Gasteiger partial charge in [0.15, 0.2) is 0 Å². The minimum atomic E-state index is -0.559. The summed E-state index contributed by atoms with van der Waals surface area (Å²) in [5.74, 6) is 0.455. The highest BCUT2D eigenvalue weighted by Gasteiger charge is 2.38. The number of nitrogens with zero attached hydrogens (tertiary/aromatic N) is 2. The van der Waals surface area contributed by atoms with Crippen LogP contribution in [0.25, 0.3) is 0 Å². The first kappa shape index (κ1) is 15.0. The number of amides is 1. The summed E-state index contributed by atoms with van der Waals surface area (Å²) in [4.78, 5) is 24.4. The van der Waals surface area contributed by atoms with Crippen molar-refractivity contribution in [3.63, 3.8) is 0 Å². The second-order valence-corrected chi connectivity index (χ2v) is 6.38. The second-order valence-electron chi connectivity index (χ2n) is 6.38. The van der Waals surface area contributed by atoms with Crippen molar-refractivity contribution in [2.75, 3.05) is 11.9 Å². The van der Waals surface area contributed by atoms with Gasteiger partial charge in [-0.2, -0.15) is 5.10 Å². The minimum absolute atomic E-state index is 0.0378. The molecule has 7 nitrogen and oxygen atoms in total. The lowest BCUT2D eigenvalue weighted by Gasteiger charge is -2.24. The lowest BCUT2D eigenvalue weighted by atomic mass is 9.85. The molecule has 3 rings (SSSR count). The second kappa shape index (κ2) is 5.39. The third-order valence-electron chi connectivity index (χ3n) is 4.44. The number of carbonyl (C=O) groups excluding carboxylic acids is 2. The van der Waals surface area contributed by atoms with E-state index in [1.54, 1.807) is 6.92 Å². The summed E-state index contributed by atoms with van der Waals surface area (Å²) in [6.45, 7) is 6.58. The average Bonchev–Trinajstić information content (AvgIpc) is 2.87. The predicted octanol–water partition coefficient (Wildman–Crippen LogP) is 1.96. The molecule has 2 heterocycles. The quantitative estimate of drug-likeness (QED) is 0.891. The van der Waals surface area contributed by atoms with Crippen LogP contribution in [0, 0.1) is 5.92 Å². The summed E-state index contributed by atoms with van der Waals surface area (Å²) >= 11 is 0. The SMILES string of the molecule is CCOC(=O)n1nc2c(c1NC(=O)C1CCC1)CNC2(C)C. The van der Waals surface area contributed by atoms with Crippen LogP contribution in [0.2, 0.25) is 0 Å². The molecule has 22 heavy (non-hydrogen) atoms. The van der Waals surface area contributed by atoms with Crippen molar-refractivity contribution < 1.29 is 14.3 Å². The van der Waals surface area contributed by atoms with Crippen molar-refractivity contribution in [1.29, 1.82) is 0 Å². The molecule has 1 aromatic heterocycles. The fourth-order valence-electron chi connectivity index (χ4n) is 2.85. The highest BCUT2D eigenvalue weighted by atomic mass is 16.6. The fraction of sp³-hybridized carbons (Fsp3) is 0.667. The Kier molecular flexibility index (Phi) is 3.68. The summed E-state index contributed by atoms with van der Waals surface area (Å²) in [5.41, 5.74) is 1.32. The van der Waals surface area contributed by atoms with Crippen molar-refractivity contribution in [3.05, 3.63) is 11.3 Å². The van der Waals surface area contributed by atoms with Crippen molar-refractivity contribution in [1.82, 2.24) is 15.1 Å². The van der Waals surface area contributed by atoms with Crippen molar-refractivity contribution in [3.8, 4) is 0 Å². The molecule has 1 aliphatic carbocycles. The molecule has 0 spiro atoms. The molecule has 1 aromatic rings. The number of hydrogen-bond donors (Lipinski definition) is 2. The smallest absolute Gasteiger partial charge is 0.436 e. The molecular formula is C15H22N4O3. The monoisotopic (exact) mass is 306 g/mol. The summed E-state index contributed by atoms with van der Waals surface area (Å²) in [6.07, 6.45) is 2.34. The van der Waals surface area contributed by atoms with Crippen molar-refractivity contribution in [2.24, 2.45) is 5.92 Å². The minimum Gasteiger partial charge on any atom is -0.448 e. The van der Waals surface area contributed by atoms with Crippen LogP contribution in [-0.2, 0) is 21.6 Å². The lowest BCUT2D eigenvalue weighted by Crippen LogP contribution is -2.32. The molecule has 0 saturated heterocycles. The van der Waals surface area contributed by atoms with Gasteiger partial charge in [-0.1, -0.05) is 6.42 Å². The molecule has 1 aliphatic heterocycles. The summed E-state index contributed by atoms with van der Waals surface area (Å²) in [6, 6.07) is 0. The van der Waals surface area contributed by atoms with Gasteiger partial charge in [0.25, 0.3) is 0 Å². The van der Waals surface area contributed by atoms with E-state index in [0.29, 0.717) is 12.4 Å². The number of fused-ring (bicyclic) bond motifs is 1. The van der Waals surface area contributed by atoms with E-state index in [0.717, 1.165) is 30.5 Å². The Morgan fingerprint density at radius 3 is 2.77 bits per heavy atom. The van der Waals surface area contributed by atoms with E-state index >= 15 is 0 Å². The molecule has 0 radical (unpaired) electrons. The van der Waals surface area contributed by atoms with Crippen molar-refractivity contribution >= 4 is 17.8 Å². The number of carbonyl (C=O) groups is 2. The first-order valence-corrected chi connectivity index (χ1v) is 7.79. The maximum atomic E-state index is 12.3. The van der Waals surface area contributed by atoms with Gasteiger partial charge in [-0.15, -0.1) is 4.68 Å². The number of hydrogen-bond acceptors (Lipinski definition) is 5. The number of ether oxygens (including phenoxy) is 1. The number of rotatable bonds is 3. The van der Waals surface area contributed by atoms with Crippen molar-refractivity contribution in [2.45, 2.75) is 52.1 Å². The molecule has 0 unspecified atom stereocenters. The molecule has 1 fully saturated rings. The number of aromatic nitrogens is 2. The normalized spacial score (nSPS) is 19.4. The first-order valence-electron chi connectivity index (χ1n) is 7.79. The zero-order chi connectivity index (χ0) is 15.9. The third-order valence-corrected chi connectivity index (χ3v) is 4.44. The van der Waals surface area contributed by atoms with Gasteiger partial charge in [-0.05, 0) is 33.6 Å². The molecule has 1 amide bonds. The molecule has 2 N–H and O–H groups in total. The third kappa shape index (κ3) is 2.39. The van der Waals surface area contributed by atoms with Gasteiger partial charge in [-0.25, -0.2) is 4.79 Å². The highest BCUT2D eigenvalue weighted by Crippen LogP contribution is 2.35. The molecule has 0 atom stereocenters. The first-order chi connectivity index (χ1) is 10.4. The van der Waals surface area contributed by atoms with Crippen LogP contribution in [0.3, 0.4) is 0 Å². The van der Waals surface area contributed by atoms with E-state index in [4.69, 9.17) is 4.74 Å². The Hall–Kier alpha value is -1.89. The van der Waals surface area contributed by atoms with Gasteiger partial charge in [0.05, 0.1) is 17.8 Å². The molecule has 0 bridgehead atoms. The van der Waals surface area contributed by atoms with Crippen LogP contribution in [0.1, 0.15) is 51.3 Å². The van der Waals surface area contributed by atoms with Gasteiger partial charge < -0.3 is 15.4 Å². The molecule has 1 saturated carbocycles. The summed E-state index contributed by atoms with van der Waals surface area (Å²) < 4.78 is 6.23. The van der Waals surface area contributed by atoms with E-state index in [1.165, 1.54) is 4.68 Å². The highest BCUT2D eigenvalue weighted by molar-refractivity contribution is 5.95. The predicted molar refractivity (Wildman–Crippen MR) is 80.5 cm³/mol. The molecule has 7 heteroatoms. The average molecular weight is 306 g/mol. The lowest BCUT2D eigenvalue weighted by molar-refractivity contribution is -0.122. The summed E-state index contributed by atoms with van der Waals surface area (Å²) in [5, 5.41) is 10.6. The van der Waals surface area contributed by atoms with Gasteiger partial charge >= 0.3 is 6.09 Å². The van der Waals surface area contributed by atoms with E-state index in [2.05, 4.69) is 15.7 Å². The van der Waals surface area contributed by atoms with Gasteiger partial charge in [-0.3, -0.25) is 4.79 Å². The zero-order valence-electron chi connectivity index (χ0n) is 13.2. The van der Waals surface area contributed by atoms with Crippen LogP contribution >= 0.6 is 0 Å². The molecule has 2 aliphatic rings. The van der Waals surface area contributed by atoms with Crippen LogP contribution in [0.5, 0.6) is 0 Å². The largest absolute Gasteiger partial charge is 0.448 e. The maximum absolute atomic E-state index is 12.3. The zero-order valence-corrected chi connectivity index (χ0v) is 13.2. The van der Waals surface area contributed by atoms with E-state index in [9.17, 15) is 9.59 Å². The van der Waals surface area contributed by atoms with Gasteiger partial charge in [0.1, 0.15) is 5.82 Å². The Balaban J connectivity index is 1.95. The van der Waals surface area contributed by atoms with E-state index in [-0.39, 0.29) is 24.0 Å². The van der Waals surface area contributed by atoms with Crippen LogP contribution in [-0.4, -0.2) is 28.4 Å². The van der Waals surface area contributed by atoms with E-state index < -0.39 is 6.09 Å². The number of anilines is 1.